The molecule has 2 rings (SSSR count). The van der Waals surface area contributed by atoms with Crippen LogP contribution in [0.5, 0.6) is 0 Å². The SMILES string of the molecule is C[Si](C)(C)CCOCn1nnc(-c2csc(CBr)n2)n1. The summed E-state index contributed by atoms with van der Waals surface area (Å²) in [7, 11) is -1.05. The molecule has 0 amide bonds. The van der Waals surface area contributed by atoms with Crippen molar-refractivity contribution in [2.24, 2.45) is 0 Å². The standard InChI is InChI=1S/C11H18BrN5OSSi/c1-20(2,3)5-4-18-8-17-15-11(14-16-17)9-7-19-10(6-12)13-9/h7H,4-6,8H2,1-3H3. The van der Waals surface area contributed by atoms with Crippen LogP contribution in [0, 0.1) is 0 Å². The van der Waals surface area contributed by atoms with Gasteiger partial charge in [-0.25, -0.2) is 4.98 Å². The molecule has 0 fully saturated rings. The quantitative estimate of drug-likeness (QED) is 0.422. The van der Waals surface area contributed by atoms with Gasteiger partial charge in [0.2, 0.25) is 5.82 Å². The van der Waals surface area contributed by atoms with E-state index in [1.807, 2.05) is 5.38 Å². The molecule has 0 saturated carbocycles. The maximum absolute atomic E-state index is 5.58. The van der Waals surface area contributed by atoms with Crippen molar-refractivity contribution in [3.8, 4) is 11.5 Å². The molecule has 0 radical (unpaired) electrons. The normalized spacial score (nSPS) is 12.0. The second kappa shape index (κ2) is 6.88. The highest BCUT2D eigenvalue weighted by molar-refractivity contribution is 9.08. The van der Waals surface area contributed by atoms with Gasteiger partial charge in [-0.15, -0.1) is 26.3 Å². The van der Waals surface area contributed by atoms with Crippen molar-refractivity contribution in [1.82, 2.24) is 25.2 Å². The van der Waals surface area contributed by atoms with E-state index in [0.29, 0.717) is 12.6 Å². The van der Waals surface area contributed by atoms with Crippen LogP contribution in [0.1, 0.15) is 5.01 Å². The van der Waals surface area contributed by atoms with Gasteiger partial charge >= 0.3 is 0 Å². The molecule has 0 aliphatic rings. The predicted molar refractivity (Wildman–Crippen MR) is 85.7 cm³/mol. The van der Waals surface area contributed by atoms with Crippen molar-refractivity contribution in [2.45, 2.75) is 37.7 Å². The van der Waals surface area contributed by atoms with Gasteiger partial charge in [-0.2, -0.15) is 0 Å². The number of aromatic nitrogens is 5. The number of ether oxygens (including phenoxy) is 1. The smallest absolute Gasteiger partial charge is 0.224 e. The minimum Gasteiger partial charge on any atom is -0.358 e. The topological polar surface area (TPSA) is 65.7 Å². The van der Waals surface area contributed by atoms with Crippen molar-refractivity contribution in [2.75, 3.05) is 6.61 Å². The minimum atomic E-state index is -1.05. The lowest BCUT2D eigenvalue weighted by Gasteiger charge is -2.14. The van der Waals surface area contributed by atoms with E-state index in [9.17, 15) is 0 Å². The molecule has 20 heavy (non-hydrogen) atoms. The number of hydrogen-bond acceptors (Lipinski definition) is 6. The zero-order chi connectivity index (χ0) is 14.6. The molecule has 0 aliphatic heterocycles. The Kier molecular flexibility index (Phi) is 5.41. The molecule has 0 atom stereocenters. The third-order valence-electron chi connectivity index (χ3n) is 2.55. The first-order chi connectivity index (χ1) is 9.48. The van der Waals surface area contributed by atoms with E-state index in [2.05, 4.69) is 56.0 Å². The highest BCUT2D eigenvalue weighted by Crippen LogP contribution is 2.19. The molecule has 2 aromatic heterocycles. The average Bonchev–Trinajstić information content (AvgIpc) is 3.02. The Morgan fingerprint density at radius 3 is 2.85 bits per heavy atom. The molecule has 0 aliphatic carbocycles. The minimum absolute atomic E-state index is 0.340. The Morgan fingerprint density at radius 1 is 1.40 bits per heavy atom. The van der Waals surface area contributed by atoms with Gasteiger partial charge in [0.05, 0.1) is 5.33 Å². The number of rotatable bonds is 7. The van der Waals surface area contributed by atoms with Crippen LogP contribution < -0.4 is 0 Å². The Balaban J connectivity index is 1.86. The predicted octanol–water partition coefficient (Wildman–Crippen LogP) is 3.00. The Morgan fingerprint density at radius 2 is 2.20 bits per heavy atom. The summed E-state index contributed by atoms with van der Waals surface area (Å²) in [5.74, 6) is 0.544. The van der Waals surface area contributed by atoms with Gasteiger partial charge in [0.25, 0.3) is 0 Å². The number of alkyl halides is 1. The van der Waals surface area contributed by atoms with Crippen molar-refractivity contribution < 1.29 is 4.74 Å². The number of nitrogens with zero attached hydrogens (tertiary/aromatic N) is 5. The zero-order valence-corrected chi connectivity index (χ0v) is 15.2. The summed E-state index contributed by atoms with van der Waals surface area (Å²) < 4.78 is 5.58. The third-order valence-corrected chi connectivity index (χ3v) is 6.01. The fourth-order valence-corrected chi connectivity index (χ4v) is 3.30. The van der Waals surface area contributed by atoms with Crippen molar-refractivity contribution >= 4 is 35.3 Å². The van der Waals surface area contributed by atoms with Gasteiger partial charge < -0.3 is 4.74 Å². The van der Waals surface area contributed by atoms with E-state index < -0.39 is 8.07 Å². The van der Waals surface area contributed by atoms with E-state index in [0.717, 1.165) is 28.7 Å². The Labute approximate surface area is 131 Å². The lowest BCUT2D eigenvalue weighted by Crippen LogP contribution is -2.22. The lowest BCUT2D eigenvalue weighted by molar-refractivity contribution is 0.0674. The van der Waals surface area contributed by atoms with Crippen LogP contribution in [0.2, 0.25) is 25.7 Å². The highest BCUT2D eigenvalue weighted by atomic mass is 79.9. The molecule has 110 valence electrons. The molecule has 0 N–H and O–H groups in total. The van der Waals surface area contributed by atoms with Gasteiger partial charge in [0.1, 0.15) is 10.7 Å². The fourth-order valence-electron chi connectivity index (χ4n) is 1.40. The van der Waals surface area contributed by atoms with Crippen molar-refractivity contribution in [3.63, 3.8) is 0 Å². The molecule has 0 bridgehead atoms. The molecule has 0 aromatic carbocycles. The van der Waals surface area contributed by atoms with Gasteiger partial charge in [-0.05, 0) is 11.3 Å². The first-order valence-electron chi connectivity index (χ1n) is 6.34. The molecule has 6 nitrogen and oxygen atoms in total. The Bertz CT molecular complexity index is 553. The molecule has 0 saturated heterocycles. The third kappa shape index (κ3) is 4.72. The molecule has 2 aromatic rings. The largest absolute Gasteiger partial charge is 0.358 e. The maximum atomic E-state index is 5.58. The van der Waals surface area contributed by atoms with Crippen LogP contribution in [0.4, 0.5) is 0 Å². The molecule has 9 heteroatoms. The zero-order valence-electron chi connectivity index (χ0n) is 11.8. The summed E-state index contributed by atoms with van der Waals surface area (Å²) in [5.41, 5.74) is 0.762. The van der Waals surface area contributed by atoms with E-state index in [-0.39, 0.29) is 0 Å². The molecule has 2 heterocycles. The Hall–Kier alpha value is -0.643. The molecular formula is C11H18BrN5OSSi. The number of halogens is 1. The van der Waals surface area contributed by atoms with Crippen LogP contribution in [0.15, 0.2) is 5.38 Å². The fraction of sp³-hybridized carbons (Fsp3) is 0.636. The van der Waals surface area contributed by atoms with Gasteiger partial charge in [-0.1, -0.05) is 35.6 Å². The van der Waals surface area contributed by atoms with Crippen molar-refractivity contribution in [3.05, 3.63) is 10.4 Å². The maximum Gasteiger partial charge on any atom is 0.224 e. The molecule has 0 spiro atoms. The first kappa shape index (κ1) is 15.7. The van der Waals surface area contributed by atoms with Crippen LogP contribution in [0.3, 0.4) is 0 Å². The second-order valence-corrected chi connectivity index (χ2v) is 12.7. The number of tetrazole rings is 1. The van der Waals surface area contributed by atoms with Gasteiger partial charge in [0.15, 0.2) is 6.73 Å². The number of thiazole rings is 1. The monoisotopic (exact) mass is 375 g/mol. The highest BCUT2D eigenvalue weighted by Gasteiger charge is 2.13. The molecule has 0 unspecified atom stereocenters. The summed E-state index contributed by atoms with van der Waals surface area (Å²) in [4.78, 5) is 5.86. The average molecular weight is 376 g/mol. The van der Waals surface area contributed by atoms with Gasteiger partial charge in [0, 0.05) is 20.1 Å². The summed E-state index contributed by atoms with van der Waals surface area (Å²) >= 11 is 4.95. The van der Waals surface area contributed by atoms with Gasteiger partial charge in [-0.3, -0.25) is 0 Å². The summed E-state index contributed by atoms with van der Waals surface area (Å²) in [6.07, 6.45) is 0. The summed E-state index contributed by atoms with van der Waals surface area (Å²) in [5, 5.41) is 15.9. The van der Waals surface area contributed by atoms with E-state index in [4.69, 9.17) is 4.74 Å². The van der Waals surface area contributed by atoms with Crippen LogP contribution in [-0.4, -0.2) is 39.9 Å². The van der Waals surface area contributed by atoms with E-state index in [1.165, 1.54) is 4.80 Å². The van der Waals surface area contributed by atoms with Crippen LogP contribution in [0.25, 0.3) is 11.5 Å². The molecular weight excluding hydrogens is 358 g/mol. The lowest BCUT2D eigenvalue weighted by atomic mass is 10.5. The van der Waals surface area contributed by atoms with E-state index in [1.54, 1.807) is 11.3 Å². The summed E-state index contributed by atoms with van der Waals surface area (Å²) in [6.45, 7) is 8.06. The second-order valence-electron chi connectivity index (χ2n) is 5.59. The number of hydrogen-bond donors (Lipinski definition) is 0. The van der Waals surface area contributed by atoms with Crippen molar-refractivity contribution in [1.29, 1.82) is 0 Å². The summed E-state index contributed by atoms with van der Waals surface area (Å²) in [6, 6.07) is 1.13. The van der Waals surface area contributed by atoms with Crippen LogP contribution in [-0.2, 0) is 16.8 Å². The first-order valence-corrected chi connectivity index (χ1v) is 12.0. The van der Waals surface area contributed by atoms with E-state index >= 15 is 0 Å². The van der Waals surface area contributed by atoms with Crippen LogP contribution >= 0.6 is 27.3 Å².